The Morgan fingerprint density at radius 2 is 1.12 bits per heavy atom. The third-order valence-corrected chi connectivity index (χ3v) is 3.02. The van der Waals surface area contributed by atoms with Crippen molar-refractivity contribution in [1.29, 1.82) is 0 Å². The second kappa shape index (κ2) is 14.0. The fourth-order valence-corrected chi connectivity index (χ4v) is 2.07. The third kappa shape index (κ3) is 36.0. The number of halogens is 12. The average Bonchev–Trinajstić information content (AvgIpc) is 2.39. The molecule has 1 unspecified atom stereocenters. The summed E-state index contributed by atoms with van der Waals surface area (Å²) < 4.78 is 122. The van der Waals surface area contributed by atoms with Crippen molar-refractivity contribution < 1.29 is 61.3 Å². The van der Waals surface area contributed by atoms with E-state index < -0.39 is 27.4 Å². The second-order valence-electron chi connectivity index (χ2n) is 7.73. The Labute approximate surface area is 178 Å². The lowest BCUT2D eigenvalue weighted by molar-refractivity contribution is -0.00601. The first kappa shape index (κ1) is 35.2. The predicted octanol–water partition coefficient (Wildman–Crippen LogP) is 6.09. The van der Waals surface area contributed by atoms with E-state index in [0.717, 1.165) is 19.6 Å². The molecule has 0 aromatic carbocycles. The first-order valence-electron chi connectivity index (χ1n) is 9.00. The largest absolute Gasteiger partial charge is 0.673 e. The zero-order valence-corrected chi connectivity index (χ0v) is 18.3. The minimum absolute atomic E-state index is 0.177. The Hall–Kier alpha value is -1.42. The number of rotatable bonds is 1. The van der Waals surface area contributed by atoms with Crippen LogP contribution in [0.1, 0.15) is 34.6 Å². The lowest BCUT2D eigenvalue weighted by atomic mass is 10.0. The van der Waals surface area contributed by atoms with Crippen LogP contribution in [0, 0.1) is 5.92 Å². The number of carbonyl (C=O) groups excluding carboxylic acids is 1. The molecule has 1 saturated heterocycles. The van der Waals surface area contributed by atoms with Gasteiger partial charge < -0.3 is 66.3 Å². The summed E-state index contributed by atoms with van der Waals surface area (Å²) >= 11 is 0. The molecule has 1 aliphatic heterocycles. The minimum Gasteiger partial charge on any atom is -0.444 e. The second-order valence-corrected chi connectivity index (χ2v) is 7.73. The van der Waals surface area contributed by atoms with Crippen LogP contribution < -0.4 is 0 Å². The molecular formula is C13H26B3F12N2O2-3. The molecule has 0 aromatic rings. The number of likely N-dealkylation sites (N-methyl/N-ethyl adjacent to an activating group) is 1. The summed E-state index contributed by atoms with van der Waals surface area (Å²) in [4.78, 5) is 16.3. The molecule has 0 bridgehead atoms. The van der Waals surface area contributed by atoms with Crippen molar-refractivity contribution in [3.05, 3.63) is 0 Å². The van der Waals surface area contributed by atoms with Gasteiger partial charge in [-0.1, -0.05) is 13.8 Å². The van der Waals surface area contributed by atoms with Crippen LogP contribution in [0.4, 0.5) is 56.6 Å². The molecule has 0 N–H and O–H groups in total. The zero-order valence-electron chi connectivity index (χ0n) is 18.3. The highest BCUT2D eigenvalue weighted by molar-refractivity contribution is 6.50. The molecule has 4 nitrogen and oxygen atoms in total. The van der Waals surface area contributed by atoms with E-state index in [0.29, 0.717) is 5.92 Å². The maximum Gasteiger partial charge on any atom is 0.673 e. The van der Waals surface area contributed by atoms with Crippen molar-refractivity contribution >= 4 is 27.9 Å². The number of amides is 1. The molecule has 0 saturated carbocycles. The first-order valence-corrected chi connectivity index (χ1v) is 9.00. The van der Waals surface area contributed by atoms with Crippen LogP contribution in [0.15, 0.2) is 0 Å². The number of hydrogen-bond donors (Lipinski definition) is 0. The topological polar surface area (TPSA) is 32.8 Å². The number of nitrogens with zero attached hydrogens (tertiary/aromatic N) is 2. The molecule has 0 radical (unpaired) electrons. The number of hydrogen-bond acceptors (Lipinski definition) is 3. The summed E-state index contributed by atoms with van der Waals surface area (Å²) in [7, 11) is -15.9. The number of piperazine rings is 1. The molecule has 196 valence electrons. The maximum atomic E-state index is 12.1. The fourth-order valence-electron chi connectivity index (χ4n) is 2.07. The Morgan fingerprint density at radius 1 is 0.812 bits per heavy atom. The highest BCUT2D eigenvalue weighted by Gasteiger charge is 2.33. The summed E-state index contributed by atoms with van der Waals surface area (Å²) in [5.41, 5.74) is -0.415. The Balaban J connectivity index is -0.000000458. The maximum absolute atomic E-state index is 12.1. The highest BCUT2D eigenvalue weighted by Crippen LogP contribution is 2.19. The highest BCUT2D eigenvalue weighted by atomic mass is 19.5. The van der Waals surface area contributed by atoms with Gasteiger partial charge in [-0.15, -0.1) is 0 Å². The molecular weight excluding hydrogens is 477 g/mol. The number of ether oxygens (including phenoxy) is 1. The van der Waals surface area contributed by atoms with E-state index in [1.807, 2.05) is 25.7 Å². The molecule has 0 spiro atoms. The van der Waals surface area contributed by atoms with Gasteiger partial charge in [0.05, 0.1) is 6.04 Å². The Morgan fingerprint density at radius 3 is 1.38 bits per heavy atom. The molecule has 1 amide bonds. The summed E-state index contributed by atoms with van der Waals surface area (Å²) in [5.74, 6) is 0.449. The summed E-state index contributed by atoms with van der Waals surface area (Å²) in [6.07, 6.45) is -0.177. The molecule has 1 heterocycles. The van der Waals surface area contributed by atoms with Gasteiger partial charge in [0.1, 0.15) is 5.60 Å². The summed E-state index contributed by atoms with van der Waals surface area (Å²) in [6.45, 7) is 12.6. The molecule has 1 aliphatic rings. The number of carbonyl (C=O) groups is 1. The molecule has 19 heteroatoms. The van der Waals surface area contributed by atoms with Crippen LogP contribution in [0.3, 0.4) is 0 Å². The van der Waals surface area contributed by atoms with Crippen LogP contribution in [0.25, 0.3) is 0 Å². The molecule has 1 rings (SSSR count). The Bertz CT molecular complexity index is 478. The average molecular weight is 503 g/mol. The van der Waals surface area contributed by atoms with E-state index >= 15 is 0 Å². The monoisotopic (exact) mass is 503 g/mol. The quantitative estimate of drug-likeness (QED) is 0.321. The van der Waals surface area contributed by atoms with Crippen LogP contribution in [-0.4, -0.2) is 76.0 Å². The van der Waals surface area contributed by atoms with E-state index in [9.17, 15) is 56.6 Å². The molecule has 1 fully saturated rings. The first-order chi connectivity index (χ1) is 13.7. The summed E-state index contributed by atoms with van der Waals surface area (Å²) in [6, 6.07) is 0.253. The van der Waals surface area contributed by atoms with Crippen molar-refractivity contribution in [2.24, 2.45) is 5.92 Å². The molecule has 0 aromatic heterocycles. The third-order valence-electron chi connectivity index (χ3n) is 3.02. The van der Waals surface area contributed by atoms with Crippen molar-refractivity contribution in [1.82, 2.24) is 9.80 Å². The van der Waals surface area contributed by atoms with Crippen molar-refractivity contribution in [2.45, 2.75) is 46.3 Å². The van der Waals surface area contributed by atoms with E-state index in [4.69, 9.17) is 4.74 Å². The fraction of sp³-hybridized carbons (Fsp3) is 0.923. The van der Waals surface area contributed by atoms with E-state index in [-0.39, 0.29) is 12.1 Å². The molecule has 1 atom stereocenters. The van der Waals surface area contributed by atoms with Gasteiger partial charge >= 0.3 is 27.9 Å². The van der Waals surface area contributed by atoms with Gasteiger partial charge in [0, 0.05) is 19.6 Å². The van der Waals surface area contributed by atoms with Gasteiger partial charge in [-0.05, 0) is 33.7 Å². The van der Waals surface area contributed by atoms with E-state index in [2.05, 4.69) is 25.8 Å². The molecule has 0 aliphatic carbocycles. The normalized spacial score (nSPS) is 17.8. The summed E-state index contributed by atoms with van der Waals surface area (Å²) in [5, 5.41) is 0. The van der Waals surface area contributed by atoms with Crippen LogP contribution >= 0.6 is 0 Å². The predicted molar refractivity (Wildman–Crippen MR) is 99.6 cm³/mol. The molecule has 32 heavy (non-hydrogen) atoms. The van der Waals surface area contributed by atoms with Gasteiger partial charge in [-0.3, -0.25) is 0 Å². The smallest absolute Gasteiger partial charge is 0.444 e. The van der Waals surface area contributed by atoms with Crippen LogP contribution in [-0.2, 0) is 4.74 Å². The van der Waals surface area contributed by atoms with Gasteiger partial charge in [-0.25, -0.2) is 4.79 Å². The van der Waals surface area contributed by atoms with Crippen molar-refractivity contribution in [3.8, 4) is 0 Å². The van der Waals surface area contributed by atoms with E-state index in [1.54, 1.807) is 0 Å². The van der Waals surface area contributed by atoms with Crippen LogP contribution in [0.5, 0.6) is 0 Å². The van der Waals surface area contributed by atoms with Crippen LogP contribution in [0.2, 0.25) is 0 Å². The zero-order chi connectivity index (χ0) is 26.7. The van der Waals surface area contributed by atoms with Crippen molar-refractivity contribution in [3.63, 3.8) is 0 Å². The van der Waals surface area contributed by atoms with Gasteiger partial charge in [0.25, 0.3) is 0 Å². The van der Waals surface area contributed by atoms with Gasteiger partial charge in [0.15, 0.2) is 0 Å². The van der Waals surface area contributed by atoms with E-state index in [1.165, 1.54) is 0 Å². The van der Waals surface area contributed by atoms with Gasteiger partial charge in [0.2, 0.25) is 0 Å². The lowest BCUT2D eigenvalue weighted by Crippen LogP contribution is -2.56. The Kier molecular flexibility index (Phi) is 15.4. The lowest BCUT2D eigenvalue weighted by Gasteiger charge is -2.42. The van der Waals surface area contributed by atoms with Gasteiger partial charge in [-0.2, -0.15) is 0 Å². The van der Waals surface area contributed by atoms with Crippen molar-refractivity contribution in [2.75, 3.05) is 26.7 Å². The standard InChI is InChI=1S/C13H26N2O2.3BF4/c1-10(2)11-9-14(6)7-8-15(11)12(16)17-13(3,4)5;3*2-1(3,4)5/h10-11H,7-9H2,1-6H3;;;/q;3*-1. The SMILES string of the molecule is CC(C)C1CN(C)CCN1C(=O)OC(C)(C)C.F[B-](F)(F)F.F[B-](F)(F)F.F[B-](F)(F)F. The minimum atomic E-state index is -6.00.